The third-order valence-corrected chi connectivity index (χ3v) is 5.33. The summed E-state index contributed by atoms with van der Waals surface area (Å²) in [4.78, 5) is 46.2. The zero-order valence-corrected chi connectivity index (χ0v) is 16.8. The lowest BCUT2D eigenvalue weighted by atomic mass is 10.1. The number of H-pyrrole nitrogens is 1. The van der Waals surface area contributed by atoms with Crippen molar-refractivity contribution in [2.45, 2.75) is 32.2 Å². The van der Waals surface area contributed by atoms with Gasteiger partial charge in [-0.15, -0.1) is 0 Å². The van der Waals surface area contributed by atoms with Crippen LogP contribution in [0.15, 0.2) is 35.5 Å². The van der Waals surface area contributed by atoms with E-state index in [0.717, 1.165) is 11.8 Å². The first-order valence-corrected chi connectivity index (χ1v) is 9.75. The summed E-state index contributed by atoms with van der Waals surface area (Å²) in [7, 11) is 0. The summed E-state index contributed by atoms with van der Waals surface area (Å²) in [5, 5.41) is 0.124. The third kappa shape index (κ3) is 5.20. The van der Waals surface area contributed by atoms with E-state index >= 15 is 0 Å². The monoisotopic (exact) mass is 420 g/mol. The maximum atomic E-state index is 13.9. The highest BCUT2D eigenvalue weighted by molar-refractivity contribution is 6.31. The number of aromatic nitrogens is 2. The van der Waals surface area contributed by atoms with Crippen molar-refractivity contribution in [1.82, 2.24) is 19.8 Å². The molecule has 0 aliphatic carbocycles. The van der Waals surface area contributed by atoms with Crippen molar-refractivity contribution in [3.05, 3.63) is 63.0 Å². The number of amides is 2. The number of nitrogens with zero attached hydrogens (tertiary/aromatic N) is 3. The molecule has 1 aliphatic rings. The van der Waals surface area contributed by atoms with E-state index in [2.05, 4.69) is 9.97 Å². The highest BCUT2D eigenvalue weighted by Gasteiger charge is 2.28. The Kier molecular flexibility index (Phi) is 6.64. The lowest BCUT2D eigenvalue weighted by Crippen LogP contribution is -2.44. The van der Waals surface area contributed by atoms with E-state index in [-0.39, 0.29) is 46.8 Å². The van der Waals surface area contributed by atoms with Gasteiger partial charge in [-0.3, -0.25) is 19.4 Å². The van der Waals surface area contributed by atoms with E-state index in [1.54, 1.807) is 15.9 Å². The number of rotatable bonds is 4. The van der Waals surface area contributed by atoms with Crippen molar-refractivity contribution >= 4 is 23.4 Å². The van der Waals surface area contributed by atoms with Crippen LogP contribution < -0.4 is 5.56 Å². The molecule has 1 fully saturated rings. The topological polar surface area (TPSA) is 86.4 Å². The number of hydrogen-bond donors (Lipinski definition) is 1. The van der Waals surface area contributed by atoms with Gasteiger partial charge in [-0.05, 0) is 18.9 Å². The second-order valence-electron chi connectivity index (χ2n) is 7.13. The molecule has 0 bridgehead atoms. The maximum absolute atomic E-state index is 13.9. The normalized spacial score (nSPS) is 17.1. The van der Waals surface area contributed by atoms with Crippen molar-refractivity contribution in [2.24, 2.45) is 0 Å². The molecule has 9 heteroatoms. The second-order valence-corrected chi connectivity index (χ2v) is 7.53. The summed E-state index contributed by atoms with van der Waals surface area (Å²) in [5.74, 6) is -0.910. The average molecular weight is 421 g/mol. The van der Waals surface area contributed by atoms with Gasteiger partial charge in [0.1, 0.15) is 5.82 Å². The Morgan fingerprint density at radius 2 is 2.03 bits per heavy atom. The zero-order chi connectivity index (χ0) is 21.0. The molecule has 3 rings (SSSR count). The lowest BCUT2D eigenvalue weighted by Gasteiger charge is -2.29. The van der Waals surface area contributed by atoms with Gasteiger partial charge in [0, 0.05) is 49.7 Å². The highest BCUT2D eigenvalue weighted by Crippen LogP contribution is 2.20. The number of carbonyl (C=O) groups excluding carboxylic acids is 2. The highest BCUT2D eigenvalue weighted by atomic mass is 35.5. The fourth-order valence-corrected chi connectivity index (χ4v) is 3.67. The predicted molar refractivity (Wildman–Crippen MR) is 106 cm³/mol. The van der Waals surface area contributed by atoms with Crippen molar-refractivity contribution in [2.75, 3.05) is 19.6 Å². The smallest absolute Gasteiger partial charge is 0.247 e. The first kappa shape index (κ1) is 21.0. The van der Waals surface area contributed by atoms with Gasteiger partial charge in [0.05, 0.1) is 24.1 Å². The fourth-order valence-electron chi connectivity index (χ4n) is 3.46. The van der Waals surface area contributed by atoms with E-state index in [1.807, 2.05) is 6.92 Å². The number of hydrogen-bond acceptors (Lipinski definition) is 4. The van der Waals surface area contributed by atoms with Crippen molar-refractivity contribution in [3.63, 3.8) is 0 Å². The maximum Gasteiger partial charge on any atom is 0.247 e. The van der Waals surface area contributed by atoms with Crippen LogP contribution in [0, 0.1) is 5.82 Å². The second kappa shape index (κ2) is 9.17. The number of carbonyl (C=O) groups is 2. The van der Waals surface area contributed by atoms with Crippen LogP contribution in [0.3, 0.4) is 0 Å². The van der Waals surface area contributed by atoms with Crippen LogP contribution in [-0.2, 0) is 22.4 Å². The Hall–Kier alpha value is -2.74. The molecule has 2 aromatic heterocycles. The number of halogens is 2. The standard InChI is InChI=1S/C20H22ClFN4O3/c1-13-12-25(19(28)8-15-16(21)10-23-11-17(15)22)5-2-6-26(13)20(29)7-14-3-4-18(27)24-9-14/h3-4,9-11,13H,2,5-8,12H2,1H3,(H,24,27)/t13-/m1/s1. The number of aromatic amines is 1. The number of nitrogens with one attached hydrogen (secondary N) is 1. The van der Waals surface area contributed by atoms with Gasteiger partial charge in [0.15, 0.2) is 0 Å². The molecule has 2 amide bonds. The van der Waals surface area contributed by atoms with E-state index in [0.29, 0.717) is 26.1 Å². The van der Waals surface area contributed by atoms with Crippen LogP contribution in [0.5, 0.6) is 0 Å². The predicted octanol–water partition coefficient (Wildman–Crippen LogP) is 1.80. The van der Waals surface area contributed by atoms with Gasteiger partial charge >= 0.3 is 0 Å². The van der Waals surface area contributed by atoms with Gasteiger partial charge in [0.25, 0.3) is 0 Å². The van der Waals surface area contributed by atoms with Crippen LogP contribution in [-0.4, -0.2) is 57.3 Å². The van der Waals surface area contributed by atoms with Gasteiger partial charge in [-0.1, -0.05) is 17.7 Å². The van der Waals surface area contributed by atoms with Crippen molar-refractivity contribution in [1.29, 1.82) is 0 Å². The molecule has 0 saturated carbocycles. The summed E-state index contributed by atoms with van der Waals surface area (Å²) < 4.78 is 13.9. The van der Waals surface area contributed by atoms with Crippen LogP contribution in [0.2, 0.25) is 5.02 Å². The van der Waals surface area contributed by atoms with Crippen LogP contribution in [0.1, 0.15) is 24.5 Å². The summed E-state index contributed by atoms with van der Waals surface area (Å²) in [5.41, 5.74) is 0.639. The Labute approximate surface area is 172 Å². The molecular formula is C20H22ClFN4O3. The molecule has 3 heterocycles. The summed E-state index contributed by atoms with van der Waals surface area (Å²) >= 11 is 5.98. The van der Waals surface area contributed by atoms with E-state index in [9.17, 15) is 18.8 Å². The lowest BCUT2D eigenvalue weighted by molar-refractivity contribution is -0.134. The van der Waals surface area contributed by atoms with Gasteiger partial charge in [-0.25, -0.2) is 4.39 Å². The van der Waals surface area contributed by atoms with Gasteiger partial charge < -0.3 is 14.8 Å². The Morgan fingerprint density at radius 3 is 2.72 bits per heavy atom. The minimum atomic E-state index is -0.605. The minimum absolute atomic E-state index is 0.0675. The molecule has 0 aromatic carbocycles. The Balaban J connectivity index is 1.64. The summed E-state index contributed by atoms with van der Waals surface area (Å²) in [6, 6.07) is 2.83. The Morgan fingerprint density at radius 1 is 1.24 bits per heavy atom. The molecule has 0 radical (unpaired) electrons. The molecular weight excluding hydrogens is 399 g/mol. The molecule has 1 N–H and O–H groups in total. The molecule has 154 valence electrons. The fraction of sp³-hybridized carbons (Fsp3) is 0.400. The van der Waals surface area contributed by atoms with Crippen LogP contribution in [0.25, 0.3) is 0 Å². The van der Waals surface area contributed by atoms with Crippen molar-refractivity contribution < 1.29 is 14.0 Å². The molecule has 1 aliphatic heterocycles. The van der Waals surface area contributed by atoms with E-state index in [4.69, 9.17) is 11.6 Å². The zero-order valence-electron chi connectivity index (χ0n) is 16.0. The quantitative estimate of drug-likeness (QED) is 0.817. The SMILES string of the molecule is C[C@@H]1CN(C(=O)Cc2c(F)cncc2Cl)CCCN1C(=O)Cc1ccc(=O)[nH]c1. The molecule has 1 saturated heterocycles. The molecule has 1 atom stereocenters. The average Bonchev–Trinajstić information content (AvgIpc) is 2.88. The van der Waals surface area contributed by atoms with E-state index in [1.165, 1.54) is 18.5 Å². The molecule has 7 nitrogen and oxygen atoms in total. The molecule has 2 aromatic rings. The Bertz CT molecular complexity index is 924. The van der Waals surface area contributed by atoms with Gasteiger partial charge in [-0.2, -0.15) is 0 Å². The van der Waals surface area contributed by atoms with Crippen molar-refractivity contribution in [3.8, 4) is 0 Å². The van der Waals surface area contributed by atoms with Crippen LogP contribution in [0.4, 0.5) is 4.39 Å². The molecule has 0 spiro atoms. The number of pyridine rings is 2. The minimum Gasteiger partial charge on any atom is -0.340 e. The largest absolute Gasteiger partial charge is 0.340 e. The molecule has 29 heavy (non-hydrogen) atoms. The summed E-state index contributed by atoms with van der Waals surface area (Å²) in [6.07, 6.45) is 4.54. The van der Waals surface area contributed by atoms with Crippen LogP contribution >= 0.6 is 11.6 Å². The summed E-state index contributed by atoms with van der Waals surface area (Å²) in [6.45, 7) is 3.25. The molecule has 0 unspecified atom stereocenters. The third-order valence-electron chi connectivity index (χ3n) is 5.00. The first-order valence-electron chi connectivity index (χ1n) is 9.38. The van der Waals surface area contributed by atoms with Gasteiger partial charge in [0.2, 0.25) is 17.4 Å². The van der Waals surface area contributed by atoms with E-state index < -0.39 is 5.82 Å². The first-order chi connectivity index (χ1) is 13.8.